The van der Waals surface area contributed by atoms with Gasteiger partial charge in [-0.3, -0.25) is 14.9 Å². The smallest absolute Gasteiger partial charge is 0.297 e. The van der Waals surface area contributed by atoms with E-state index in [0.29, 0.717) is 77.2 Å². The van der Waals surface area contributed by atoms with Crippen LogP contribution in [0.25, 0.3) is 33.4 Å². The third kappa shape index (κ3) is 7.76. The van der Waals surface area contributed by atoms with Crippen molar-refractivity contribution in [3.63, 3.8) is 0 Å². The predicted octanol–water partition coefficient (Wildman–Crippen LogP) is 5.84. The van der Waals surface area contributed by atoms with E-state index in [1.54, 1.807) is 25.4 Å². The van der Waals surface area contributed by atoms with Gasteiger partial charge < -0.3 is 25.6 Å². The lowest BCUT2D eigenvalue weighted by Crippen LogP contribution is -2.24. The molecule has 1 saturated heterocycles. The molecule has 0 bridgehead atoms. The van der Waals surface area contributed by atoms with Gasteiger partial charge in [-0.25, -0.2) is 23.7 Å². The van der Waals surface area contributed by atoms with Crippen molar-refractivity contribution in [2.45, 2.75) is 52.0 Å². The fourth-order valence-corrected chi connectivity index (χ4v) is 6.23. The van der Waals surface area contributed by atoms with Gasteiger partial charge >= 0.3 is 0 Å². The second-order valence-corrected chi connectivity index (χ2v) is 12.5. The van der Waals surface area contributed by atoms with E-state index in [1.165, 1.54) is 7.11 Å². The van der Waals surface area contributed by atoms with Gasteiger partial charge in [0.15, 0.2) is 11.6 Å². The van der Waals surface area contributed by atoms with Crippen LogP contribution in [0, 0.1) is 6.92 Å². The third-order valence-electron chi connectivity index (χ3n) is 8.35. The number of nitrogens with zero attached hydrogens (tertiary/aromatic N) is 6. The predicted molar refractivity (Wildman–Crippen MR) is 184 cm³/mol. The lowest BCUT2D eigenvalue weighted by molar-refractivity contribution is 0.141. The number of ether oxygens (including phenoxy) is 1. The molecule has 6 rings (SSSR count). The van der Waals surface area contributed by atoms with Crippen molar-refractivity contribution in [2.75, 3.05) is 32.1 Å². The highest BCUT2D eigenvalue weighted by atomic mass is 35.5. The van der Waals surface area contributed by atoms with Crippen LogP contribution in [0.3, 0.4) is 0 Å². The van der Waals surface area contributed by atoms with Gasteiger partial charge in [-0.2, -0.15) is 0 Å². The Balaban J connectivity index is 1.31. The number of aliphatic hydroxyl groups excluding tert-OH is 2. The maximum absolute atomic E-state index is 14.0. The molecule has 4 heterocycles. The molecule has 2 aromatic carbocycles. The average Bonchev–Trinajstić information content (AvgIpc) is 3.49. The van der Waals surface area contributed by atoms with Crippen LogP contribution in [-0.4, -0.2) is 79.0 Å². The van der Waals surface area contributed by atoms with E-state index >= 15 is 0 Å². The highest BCUT2D eigenvalue weighted by Crippen LogP contribution is 2.40. The summed E-state index contributed by atoms with van der Waals surface area (Å²) in [5.74, 6) is -0.0967. The number of nitrogens with one attached hydrogen (secondary N) is 2. The summed E-state index contributed by atoms with van der Waals surface area (Å²) in [5.41, 5.74) is 6.22. The number of likely N-dealkylation sites (tertiary alicyclic amines) is 1. The zero-order chi connectivity index (χ0) is 34.7. The van der Waals surface area contributed by atoms with Gasteiger partial charge in [-0.15, -0.1) is 0 Å². The first-order valence-electron chi connectivity index (χ1n) is 15.9. The van der Waals surface area contributed by atoms with Gasteiger partial charge in [0, 0.05) is 55.7 Å². The Labute approximate surface area is 287 Å². The Kier molecular flexibility index (Phi) is 10.6. The highest BCUT2D eigenvalue weighted by Gasteiger charge is 2.22. The molecule has 49 heavy (non-hydrogen) atoms. The summed E-state index contributed by atoms with van der Waals surface area (Å²) in [6.07, 6.45) is 0.264. The number of β-amino-alcohol motifs (C(OH)–C–C–N with tert-alkyl or cyclic N) is 1. The molecule has 0 amide bonds. The topological polar surface area (TPSA) is 141 Å². The van der Waals surface area contributed by atoms with Crippen LogP contribution < -0.4 is 15.4 Å². The summed E-state index contributed by atoms with van der Waals surface area (Å²) in [6, 6.07) is 13.0. The van der Waals surface area contributed by atoms with E-state index in [-0.39, 0.29) is 11.9 Å². The summed E-state index contributed by atoms with van der Waals surface area (Å²) >= 11 is 7.03. The van der Waals surface area contributed by atoms with Crippen LogP contribution in [0.1, 0.15) is 42.4 Å². The van der Waals surface area contributed by atoms with E-state index in [2.05, 4.69) is 40.5 Å². The Morgan fingerprint density at radius 1 is 1.06 bits per heavy atom. The number of aromatic nitrogens is 5. The molecule has 0 radical (unpaired) electrons. The molecule has 2 atom stereocenters. The van der Waals surface area contributed by atoms with Crippen LogP contribution in [0.15, 0.2) is 54.9 Å². The van der Waals surface area contributed by atoms with Crippen molar-refractivity contribution >= 4 is 34.1 Å². The van der Waals surface area contributed by atoms with Crippen molar-refractivity contribution in [3.05, 3.63) is 82.5 Å². The summed E-state index contributed by atoms with van der Waals surface area (Å²) in [5, 5.41) is 26.2. The largest absolute Gasteiger partial charge is 0.480 e. The number of aliphatic hydroxyl groups is 2. The lowest BCUT2D eigenvalue weighted by atomic mass is 9.96. The molecular formula is C35H37ClF2N8O3. The molecule has 1 aliphatic heterocycles. The van der Waals surface area contributed by atoms with Gasteiger partial charge in [0.2, 0.25) is 5.88 Å². The Hall–Kier alpha value is -4.40. The van der Waals surface area contributed by atoms with E-state index in [9.17, 15) is 19.0 Å². The van der Waals surface area contributed by atoms with Gasteiger partial charge in [0.1, 0.15) is 11.2 Å². The molecule has 1 aliphatic rings. The summed E-state index contributed by atoms with van der Waals surface area (Å²) in [4.78, 5) is 24.1. The summed E-state index contributed by atoms with van der Waals surface area (Å²) in [7, 11) is 1.52. The molecule has 0 spiro atoms. The van der Waals surface area contributed by atoms with Crippen molar-refractivity contribution in [3.8, 4) is 28.3 Å². The number of rotatable bonds is 12. The first-order valence-corrected chi connectivity index (χ1v) is 16.3. The van der Waals surface area contributed by atoms with Gasteiger partial charge in [0.25, 0.3) is 6.43 Å². The normalized spacial score (nSPS) is 15.7. The molecule has 0 aliphatic carbocycles. The molecular weight excluding hydrogens is 654 g/mol. The van der Waals surface area contributed by atoms with E-state index in [0.717, 1.165) is 28.8 Å². The molecule has 14 heteroatoms. The zero-order valence-corrected chi connectivity index (χ0v) is 28.0. The van der Waals surface area contributed by atoms with Crippen molar-refractivity contribution in [1.82, 2.24) is 35.1 Å². The Morgan fingerprint density at radius 2 is 1.84 bits per heavy atom. The number of methoxy groups -OCH3 is 1. The maximum Gasteiger partial charge on any atom is 0.297 e. The SMILES string of the molecule is COc1nc(-c2cccc(-c3cccc(Nc4nc(C(F)F)nc5cc(CN6CC[C@@H](O)C6)cnc45)c3C)c2Cl)cnc1CNC[C@@H](C)O. The molecule has 4 N–H and O–H groups in total. The monoisotopic (exact) mass is 690 g/mol. The quantitative estimate of drug-likeness (QED) is 0.126. The number of pyridine rings is 1. The number of benzene rings is 2. The third-order valence-corrected chi connectivity index (χ3v) is 8.75. The van der Waals surface area contributed by atoms with Crippen LogP contribution in [0.2, 0.25) is 5.02 Å². The van der Waals surface area contributed by atoms with Gasteiger partial charge in [0.05, 0.1) is 41.7 Å². The fraction of sp³-hybridized carbons (Fsp3) is 0.343. The van der Waals surface area contributed by atoms with E-state index in [1.807, 2.05) is 43.3 Å². The molecule has 0 saturated carbocycles. The molecule has 0 unspecified atom stereocenters. The number of fused-ring (bicyclic) bond motifs is 1. The minimum atomic E-state index is -2.88. The van der Waals surface area contributed by atoms with Crippen molar-refractivity contribution in [1.29, 1.82) is 0 Å². The van der Waals surface area contributed by atoms with Gasteiger partial charge in [-0.05, 0) is 49.1 Å². The molecule has 1 fully saturated rings. The van der Waals surface area contributed by atoms with E-state index < -0.39 is 18.4 Å². The number of halogens is 3. The number of alkyl halides is 2. The lowest BCUT2D eigenvalue weighted by Gasteiger charge is -2.17. The fourth-order valence-electron chi connectivity index (χ4n) is 5.90. The summed E-state index contributed by atoms with van der Waals surface area (Å²) < 4.78 is 33.4. The molecule has 3 aromatic heterocycles. The standard InChI is InChI=1S/C35H37ClF2N8O3/c1-19(47)13-39-15-29-35(49-3)44-28(16-40-29)25-8-4-7-24(30(25)36)23-6-5-9-26(20(23)2)42-33-31-27(43-34(45-33)32(37)38)12-21(14-41-31)17-46-11-10-22(48)18-46/h4-9,12,14,16,19,22,32,39,47-48H,10-11,13,15,17-18H2,1-3H3,(H,42,43,45)/t19-,22-/m1/s1. The van der Waals surface area contributed by atoms with Crippen molar-refractivity contribution in [2.24, 2.45) is 0 Å². The summed E-state index contributed by atoms with van der Waals surface area (Å²) in [6.45, 7) is 6.20. The second-order valence-electron chi connectivity index (χ2n) is 12.1. The first kappa shape index (κ1) is 34.5. The second kappa shape index (κ2) is 15.0. The molecule has 256 valence electrons. The highest BCUT2D eigenvalue weighted by molar-refractivity contribution is 6.36. The minimum Gasteiger partial charge on any atom is -0.480 e. The first-order chi connectivity index (χ1) is 23.6. The minimum absolute atomic E-state index is 0.161. The average molecular weight is 691 g/mol. The molecule has 5 aromatic rings. The number of hydrogen-bond acceptors (Lipinski definition) is 11. The van der Waals surface area contributed by atoms with Crippen molar-refractivity contribution < 1.29 is 23.7 Å². The van der Waals surface area contributed by atoms with Crippen LogP contribution in [0.4, 0.5) is 20.3 Å². The molecule has 11 nitrogen and oxygen atoms in total. The number of hydrogen-bond donors (Lipinski definition) is 4. The van der Waals surface area contributed by atoms with Gasteiger partial charge in [-0.1, -0.05) is 41.9 Å². The van der Waals surface area contributed by atoms with E-state index in [4.69, 9.17) is 16.3 Å². The number of anilines is 2. The maximum atomic E-state index is 14.0. The Bertz CT molecular complexity index is 1960. The Morgan fingerprint density at radius 3 is 2.57 bits per heavy atom. The van der Waals surface area contributed by atoms with Crippen LogP contribution in [-0.2, 0) is 13.1 Å². The zero-order valence-electron chi connectivity index (χ0n) is 27.3. The van der Waals surface area contributed by atoms with Crippen LogP contribution >= 0.6 is 11.6 Å². The van der Waals surface area contributed by atoms with Crippen LogP contribution in [0.5, 0.6) is 5.88 Å².